The molecule has 3 nitrogen and oxygen atoms in total. The first-order valence-corrected chi connectivity index (χ1v) is 7.07. The quantitative estimate of drug-likeness (QED) is 0.911. The normalized spacial score (nSPS) is 12.2. The molecular weight excluding hydrogens is 270 g/mol. The van der Waals surface area contributed by atoms with Crippen molar-refractivity contribution in [3.63, 3.8) is 0 Å². The number of benzene rings is 1. The SMILES string of the molecule is CNCc1cc(N(C)C(C)c2ccc(Cl)cc2)ccn1. The van der Waals surface area contributed by atoms with Crippen LogP contribution in [0.25, 0.3) is 0 Å². The second kappa shape index (κ2) is 6.73. The minimum Gasteiger partial charge on any atom is -0.368 e. The van der Waals surface area contributed by atoms with Crippen molar-refractivity contribution in [1.82, 2.24) is 10.3 Å². The van der Waals surface area contributed by atoms with E-state index in [-0.39, 0.29) is 6.04 Å². The van der Waals surface area contributed by atoms with Gasteiger partial charge in [-0.05, 0) is 43.8 Å². The van der Waals surface area contributed by atoms with Crippen LogP contribution in [0.5, 0.6) is 0 Å². The number of halogens is 1. The summed E-state index contributed by atoms with van der Waals surface area (Å²) < 4.78 is 0. The Hall–Kier alpha value is -1.58. The number of pyridine rings is 1. The fourth-order valence-corrected chi connectivity index (χ4v) is 2.28. The Morgan fingerprint density at radius 2 is 1.95 bits per heavy atom. The largest absolute Gasteiger partial charge is 0.368 e. The molecule has 1 heterocycles. The highest BCUT2D eigenvalue weighted by Gasteiger charge is 2.12. The lowest BCUT2D eigenvalue weighted by Crippen LogP contribution is -2.22. The van der Waals surface area contributed by atoms with E-state index < -0.39 is 0 Å². The van der Waals surface area contributed by atoms with Gasteiger partial charge in [0.05, 0.1) is 11.7 Å². The minimum absolute atomic E-state index is 0.275. The van der Waals surface area contributed by atoms with E-state index >= 15 is 0 Å². The van der Waals surface area contributed by atoms with Crippen LogP contribution < -0.4 is 10.2 Å². The highest BCUT2D eigenvalue weighted by Crippen LogP contribution is 2.26. The van der Waals surface area contributed by atoms with Crippen LogP contribution in [0.15, 0.2) is 42.6 Å². The number of hydrogen-bond acceptors (Lipinski definition) is 3. The van der Waals surface area contributed by atoms with E-state index in [0.717, 1.165) is 22.9 Å². The molecule has 2 aromatic rings. The van der Waals surface area contributed by atoms with Gasteiger partial charge in [0.1, 0.15) is 0 Å². The summed E-state index contributed by atoms with van der Waals surface area (Å²) >= 11 is 5.94. The van der Waals surface area contributed by atoms with E-state index in [1.807, 2.05) is 31.4 Å². The number of nitrogens with one attached hydrogen (secondary N) is 1. The first-order chi connectivity index (χ1) is 9.61. The Kier molecular flexibility index (Phi) is 4.99. The van der Waals surface area contributed by atoms with Crippen molar-refractivity contribution < 1.29 is 0 Å². The Morgan fingerprint density at radius 1 is 1.25 bits per heavy atom. The zero-order valence-electron chi connectivity index (χ0n) is 12.1. The van der Waals surface area contributed by atoms with Gasteiger partial charge >= 0.3 is 0 Å². The maximum Gasteiger partial charge on any atom is 0.0562 e. The second-order valence-corrected chi connectivity index (χ2v) is 5.31. The summed E-state index contributed by atoms with van der Waals surface area (Å²) in [6, 6.07) is 12.4. The van der Waals surface area contributed by atoms with Crippen molar-refractivity contribution in [2.45, 2.75) is 19.5 Å². The van der Waals surface area contributed by atoms with Crippen molar-refractivity contribution in [2.24, 2.45) is 0 Å². The van der Waals surface area contributed by atoms with E-state index in [1.54, 1.807) is 0 Å². The first kappa shape index (κ1) is 14.8. The molecule has 0 spiro atoms. The van der Waals surface area contributed by atoms with E-state index in [9.17, 15) is 0 Å². The molecule has 0 aliphatic rings. The van der Waals surface area contributed by atoms with Crippen LogP contribution in [0.3, 0.4) is 0 Å². The number of hydrogen-bond donors (Lipinski definition) is 1. The molecule has 1 aromatic carbocycles. The summed E-state index contributed by atoms with van der Waals surface area (Å²) in [6.45, 7) is 2.96. The Morgan fingerprint density at radius 3 is 2.60 bits per heavy atom. The predicted octanol–water partition coefficient (Wildman–Crippen LogP) is 3.65. The maximum absolute atomic E-state index is 5.94. The van der Waals surface area contributed by atoms with Crippen LogP contribution in [0, 0.1) is 0 Å². The third kappa shape index (κ3) is 3.50. The summed E-state index contributed by atoms with van der Waals surface area (Å²) in [4.78, 5) is 6.59. The van der Waals surface area contributed by atoms with Crippen LogP contribution in [0.1, 0.15) is 24.2 Å². The van der Waals surface area contributed by atoms with Gasteiger partial charge in [0.25, 0.3) is 0 Å². The van der Waals surface area contributed by atoms with E-state index in [1.165, 1.54) is 5.56 Å². The minimum atomic E-state index is 0.275. The van der Waals surface area contributed by atoms with Gasteiger partial charge in [-0.3, -0.25) is 4.98 Å². The van der Waals surface area contributed by atoms with Crippen LogP contribution in [0.4, 0.5) is 5.69 Å². The van der Waals surface area contributed by atoms with Gasteiger partial charge in [-0.25, -0.2) is 0 Å². The lowest BCUT2D eigenvalue weighted by Gasteiger charge is -2.27. The molecule has 0 saturated heterocycles. The van der Waals surface area contributed by atoms with E-state index in [0.29, 0.717) is 0 Å². The molecule has 2 rings (SSSR count). The highest BCUT2D eigenvalue weighted by atomic mass is 35.5. The van der Waals surface area contributed by atoms with E-state index in [2.05, 4.69) is 47.4 Å². The number of anilines is 1. The summed E-state index contributed by atoms with van der Waals surface area (Å²) in [7, 11) is 4.02. The number of aromatic nitrogens is 1. The zero-order chi connectivity index (χ0) is 14.5. The summed E-state index contributed by atoms with van der Waals surface area (Å²) in [6.07, 6.45) is 1.85. The maximum atomic E-state index is 5.94. The van der Waals surface area contributed by atoms with Crippen LogP contribution in [-0.2, 0) is 6.54 Å². The molecule has 0 saturated carbocycles. The van der Waals surface area contributed by atoms with Gasteiger partial charge in [0, 0.05) is 30.5 Å². The molecule has 1 unspecified atom stereocenters. The Balaban J connectivity index is 2.19. The fourth-order valence-electron chi connectivity index (χ4n) is 2.15. The number of rotatable bonds is 5. The smallest absolute Gasteiger partial charge is 0.0562 e. The summed E-state index contributed by atoms with van der Waals surface area (Å²) in [5, 5.41) is 3.89. The molecule has 0 amide bonds. The van der Waals surface area contributed by atoms with Crippen LogP contribution in [-0.4, -0.2) is 19.1 Å². The molecule has 0 aliphatic heterocycles. The molecule has 0 bridgehead atoms. The highest BCUT2D eigenvalue weighted by molar-refractivity contribution is 6.30. The average molecular weight is 290 g/mol. The number of nitrogens with zero attached hydrogens (tertiary/aromatic N) is 2. The third-order valence-electron chi connectivity index (χ3n) is 3.50. The average Bonchev–Trinajstić information content (AvgIpc) is 2.47. The molecule has 0 fully saturated rings. The molecule has 1 N–H and O–H groups in total. The van der Waals surface area contributed by atoms with Crippen molar-refractivity contribution in [2.75, 3.05) is 19.0 Å². The Labute approximate surface area is 125 Å². The Bertz CT molecular complexity index is 554. The van der Waals surface area contributed by atoms with E-state index in [4.69, 9.17) is 11.6 Å². The van der Waals surface area contributed by atoms with Crippen molar-refractivity contribution in [1.29, 1.82) is 0 Å². The second-order valence-electron chi connectivity index (χ2n) is 4.87. The van der Waals surface area contributed by atoms with Gasteiger partial charge in [0.15, 0.2) is 0 Å². The summed E-state index contributed by atoms with van der Waals surface area (Å²) in [5.74, 6) is 0. The van der Waals surface area contributed by atoms with Crippen molar-refractivity contribution in [3.8, 4) is 0 Å². The molecular formula is C16H20ClN3. The first-order valence-electron chi connectivity index (χ1n) is 6.69. The lowest BCUT2D eigenvalue weighted by atomic mass is 10.1. The standard InChI is InChI=1S/C16H20ClN3/c1-12(13-4-6-14(17)7-5-13)20(3)16-8-9-19-15(10-16)11-18-2/h4-10,12,18H,11H2,1-3H3. The molecule has 1 aromatic heterocycles. The molecule has 4 heteroatoms. The van der Waals surface area contributed by atoms with Gasteiger partial charge in [-0.2, -0.15) is 0 Å². The molecule has 106 valence electrons. The lowest BCUT2D eigenvalue weighted by molar-refractivity contribution is 0.734. The predicted molar refractivity (Wildman–Crippen MR) is 85.3 cm³/mol. The van der Waals surface area contributed by atoms with Gasteiger partial charge < -0.3 is 10.2 Å². The molecule has 1 atom stereocenters. The fraction of sp³-hybridized carbons (Fsp3) is 0.312. The topological polar surface area (TPSA) is 28.2 Å². The molecule has 0 radical (unpaired) electrons. The molecule has 20 heavy (non-hydrogen) atoms. The molecule has 0 aliphatic carbocycles. The van der Waals surface area contributed by atoms with Crippen LogP contribution >= 0.6 is 11.6 Å². The van der Waals surface area contributed by atoms with Crippen molar-refractivity contribution in [3.05, 3.63) is 58.9 Å². The van der Waals surface area contributed by atoms with Crippen molar-refractivity contribution >= 4 is 17.3 Å². The van der Waals surface area contributed by atoms with Gasteiger partial charge in [0.2, 0.25) is 0 Å². The van der Waals surface area contributed by atoms with Crippen LogP contribution in [0.2, 0.25) is 5.02 Å². The van der Waals surface area contributed by atoms with Gasteiger partial charge in [-0.1, -0.05) is 23.7 Å². The van der Waals surface area contributed by atoms with Gasteiger partial charge in [-0.15, -0.1) is 0 Å². The monoisotopic (exact) mass is 289 g/mol. The zero-order valence-corrected chi connectivity index (χ0v) is 12.9. The summed E-state index contributed by atoms with van der Waals surface area (Å²) in [5.41, 5.74) is 3.44. The third-order valence-corrected chi connectivity index (χ3v) is 3.75.